The molecule has 0 bridgehead atoms. The number of rotatable bonds is 7. The van der Waals surface area contributed by atoms with Crippen LogP contribution in [0.5, 0.6) is 5.75 Å². The summed E-state index contributed by atoms with van der Waals surface area (Å²) in [5, 5.41) is 5.93. The maximum absolute atomic E-state index is 12.2. The lowest BCUT2D eigenvalue weighted by molar-refractivity contribution is -0.124. The molecule has 2 atom stereocenters. The van der Waals surface area contributed by atoms with Crippen LogP contribution in [0.3, 0.4) is 0 Å². The van der Waals surface area contributed by atoms with Gasteiger partial charge in [-0.25, -0.2) is 0 Å². The third kappa shape index (κ3) is 6.38. The lowest BCUT2D eigenvalue weighted by Gasteiger charge is -2.30. The van der Waals surface area contributed by atoms with Crippen molar-refractivity contribution < 1.29 is 14.3 Å². The molecule has 0 unspecified atom stereocenters. The van der Waals surface area contributed by atoms with E-state index in [4.69, 9.17) is 4.74 Å². The molecule has 1 aromatic rings. The van der Waals surface area contributed by atoms with Crippen molar-refractivity contribution in [3.63, 3.8) is 0 Å². The molecule has 0 heterocycles. The highest BCUT2D eigenvalue weighted by Crippen LogP contribution is 2.23. The summed E-state index contributed by atoms with van der Waals surface area (Å²) in [5.41, 5.74) is 0.708. The van der Waals surface area contributed by atoms with Crippen LogP contribution in [0.1, 0.15) is 32.6 Å². The van der Waals surface area contributed by atoms with Crippen LogP contribution in [0.15, 0.2) is 24.3 Å². The lowest BCUT2D eigenvalue weighted by Crippen LogP contribution is -2.46. The molecular weight excluding hydrogens is 318 g/mol. The summed E-state index contributed by atoms with van der Waals surface area (Å²) in [6.07, 6.45) is 4.65. The van der Waals surface area contributed by atoms with Gasteiger partial charge in [-0.3, -0.25) is 14.5 Å². The summed E-state index contributed by atoms with van der Waals surface area (Å²) in [7, 11) is 3.37. The Hall–Kier alpha value is -2.08. The molecule has 0 spiro atoms. The van der Waals surface area contributed by atoms with E-state index in [1.54, 1.807) is 43.3 Å². The van der Waals surface area contributed by atoms with Gasteiger partial charge in [0.15, 0.2) is 0 Å². The van der Waals surface area contributed by atoms with Gasteiger partial charge in [0.2, 0.25) is 11.8 Å². The standard InChI is InChI=1S/C19H29N3O3/c1-14-6-4-5-7-17(14)21-19(24)13-22(2)12-18(23)20-15-8-10-16(25-3)11-9-15/h8-11,14,17H,4-7,12-13H2,1-3H3,(H,20,23)(H,21,24)/t14-,17-/m0/s1. The summed E-state index contributed by atoms with van der Waals surface area (Å²) >= 11 is 0. The fourth-order valence-corrected chi connectivity index (χ4v) is 3.20. The third-order valence-corrected chi connectivity index (χ3v) is 4.66. The van der Waals surface area contributed by atoms with Gasteiger partial charge in [-0.2, -0.15) is 0 Å². The van der Waals surface area contributed by atoms with Crippen LogP contribution in [0.2, 0.25) is 0 Å². The SMILES string of the molecule is COc1ccc(NC(=O)CN(C)CC(=O)N[C@H]2CCCC[C@@H]2C)cc1. The molecule has 138 valence electrons. The van der Waals surface area contributed by atoms with Crippen LogP contribution in [-0.4, -0.2) is 50.0 Å². The molecule has 1 aliphatic carbocycles. The van der Waals surface area contributed by atoms with Crippen LogP contribution in [0.25, 0.3) is 0 Å². The van der Waals surface area contributed by atoms with Crippen molar-refractivity contribution in [3.05, 3.63) is 24.3 Å². The summed E-state index contributed by atoms with van der Waals surface area (Å²) in [4.78, 5) is 26.0. The van der Waals surface area contributed by atoms with Crippen LogP contribution in [-0.2, 0) is 9.59 Å². The topological polar surface area (TPSA) is 70.7 Å². The van der Waals surface area contributed by atoms with Crippen LogP contribution >= 0.6 is 0 Å². The molecule has 1 saturated carbocycles. The normalized spacial score (nSPS) is 20.2. The van der Waals surface area contributed by atoms with Crippen molar-refractivity contribution in [1.29, 1.82) is 0 Å². The second kappa shape index (κ2) is 9.42. The van der Waals surface area contributed by atoms with Gasteiger partial charge in [0.1, 0.15) is 5.75 Å². The molecule has 0 aliphatic heterocycles. The third-order valence-electron chi connectivity index (χ3n) is 4.66. The molecule has 2 rings (SSSR count). The maximum Gasteiger partial charge on any atom is 0.238 e. The average Bonchev–Trinajstić information content (AvgIpc) is 2.57. The molecular formula is C19H29N3O3. The molecule has 0 radical (unpaired) electrons. The number of nitrogens with zero attached hydrogens (tertiary/aromatic N) is 1. The van der Waals surface area contributed by atoms with Crippen LogP contribution in [0, 0.1) is 5.92 Å². The number of hydrogen-bond donors (Lipinski definition) is 2. The number of carbonyl (C=O) groups is 2. The Morgan fingerprint density at radius 3 is 2.40 bits per heavy atom. The number of benzene rings is 1. The number of likely N-dealkylation sites (N-methyl/N-ethyl adjacent to an activating group) is 1. The molecule has 1 aromatic carbocycles. The van der Waals surface area contributed by atoms with Gasteiger partial charge in [-0.1, -0.05) is 19.8 Å². The minimum atomic E-state index is -0.147. The summed E-state index contributed by atoms with van der Waals surface area (Å²) < 4.78 is 5.09. The van der Waals surface area contributed by atoms with Crippen molar-refractivity contribution in [2.45, 2.75) is 38.6 Å². The zero-order valence-corrected chi connectivity index (χ0v) is 15.4. The molecule has 2 amide bonds. The molecule has 6 nitrogen and oxygen atoms in total. The maximum atomic E-state index is 12.2. The first-order valence-corrected chi connectivity index (χ1v) is 8.89. The predicted octanol–water partition coefficient (Wildman–Crippen LogP) is 2.26. The quantitative estimate of drug-likeness (QED) is 0.794. The van der Waals surface area contributed by atoms with Gasteiger partial charge in [0.05, 0.1) is 20.2 Å². The zero-order valence-electron chi connectivity index (χ0n) is 15.4. The summed E-state index contributed by atoms with van der Waals surface area (Å²) in [6, 6.07) is 7.42. The van der Waals surface area contributed by atoms with E-state index in [2.05, 4.69) is 17.6 Å². The average molecular weight is 347 g/mol. The molecule has 0 saturated heterocycles. The Morgan fingerprint density at radius 2 is 1.76 bits per heavy atom. The van der Waals surface area contributed by atoms with Gasteiger partial charge in [0.25, 0.3) is 0 Å². The molecule has 0 aromatic heterocycles. The van der Waals surface area contributed by atoms with Crippen molar-refractivity contribution in [1.82, 2.24) is 10.2 Å². The highest BCUT2D eigenvalue weighted by molar-refractivity contribution is 5.92. The smallest absolute Gasteiger partial charge is 0.238 e. The van der Waals surface area contributed by atoms with Gasteiger partial charge in [-0.15, -0.1) is 0 Å². The molecule has 2 N–H and O–H groups in total. The minimum absolute atomic E-state index is 0.0153. The van der Waals surface area contributed by atoms with Gasteiger partial charge >= 0.3 is 0 Å². The number of anilines is 1. The molecule has 1 fully saturated rings. The van der Waals surface area contributed by atoms with Crippen LogP contribution < -0.4 is 15.4 Å². The Kier molecular flexibility index (Phi) is 7.25. The van der Waals surface area contributed by atoms with Gasteiger partial charge in [-0.05, 0) is 50.1 Å². The Morgan fingerprint density at radius 1 is 1.12 bits per heavy atom. The second-order valence-corrected chi connectivity index (χ2v) is 6.88. The number of hydrogen-bond acceptors (Lipinski definition) is 4. The van der Waals surface area contributed by atoms with E-state index in [0.29, 0.717) is 11.6 Å². The first-order chi connectivity index (χ1) is 12.0. The number of nitrogens with one attached hydrogen (secondary N) is 2. The Bertz CT molecular complexity index is 574. The van der Waals surface area contributed by atoms with Gasteiger partial charge in [0, 0.05) is 11.7 Å². The molecule has 25 heavy (non-hydrogen) atoms. The monoisotopic (exact) mass is 347 g/mol. The fourth-order valence-electron chi connectivity index (χ4n) is 3.20. The van der Waals surface area contributed by atoms with E-state index in [-0.39, 0.29) is 30.9 Å². The fraction of sp³-hybridized carbons (Fsp3) is 0.579. The largest absolute Gasteiger partial charge is 0.497 e. The van der Waals surface area contributed by atoms with E-state index < -0.39 is 0 Å². The number of ether oxygens (including phenoxy) is 1. The van der Waals surface area contributed by atoms with Crippen LogP contribution in [0.4, 0.5) is 5.69 Å². The first kappa shape index (κ1) is 19.2. The minimum Gasteiger partial charge on any atom is -0.497 e. The van der Waals surface area contributed by atoms with E-state index in [1.165, 1.54) is 19.3 Å². The van der Waals surface area contributed by atoms with Crippen molar-refractivity contribution in [3.8, 4) is 5.75 Å². The number of amides is 2. The highest BCUT2D eigenvalue weighted by atomic mass is 16.5. The zero-order chi connectivity index (χ0) is 18.2. The van der Waals surface area contributed by atoms with E-state index in [0.717, 1.165) is 12.2 Å². The predicted molar refractivity (Wildman–Crippen MR) is 98.7 cm³/mol. The lowest BCUT2D eigenvalue weighted by atomic mass is 9.86. The van der Waals surface area contributed by atoms with Crippen molar-refractivity contribution >= 4 is 17.5 Å². The van der Waals surface area contributed by atoms with Crippen molar-refractivity contribution in [2.24, 2.45) is 5.92 Å². The summed E-state index contributed by atoms with van der Waals surface area (Å²) in [5.74, 6) is 1.11. The summed E-state index contributed by atoms with van der Waals surface area (Å²) in [6.45, 7) is 2.58. The second-order valence-electron chi connectivity index (χ2n) is 6.88. The number of carbonyl (C=O) groups excluding carboxylic acids is 2. The Labute approximate surface area is 149 Å². The molecule has 1 aliphatic rings. The van der Waals surface area contributed by atoms with Crippen molar-refractivity contribution in [2.75, 3.05) is 32.6 Å². The molecule has 6 heteroatoms. The first-order valence-electron chi connectivity index (χ1n) is 8.89. The van der Waals surface area contributed by atoms with E-state index >= 15 is 0 Å². The number of methoxy groups -OCH3 is 1. The van der Waals surface area contributed by atoms with E-state index in [9.17, 15) is 9.59 Å². The van der Waals surface area contributed by atoms with E-state index in [1.807, 2.05) is 0 Å². The Balaban J connectivity index is 1.73. The highest BCUT2D eigenvalue weighted by Gasteiger charge is 2.23. The van der Waals surface area contributed by atoms with Gasteiger partial charge < -0.3 is 15.4 Å².